The van der Waals surface area contributed by atoms with E-state index < -0.39 is 0 Å². The molecule has 4 rings (SSSR count). The normalized spacial score (nSPS) is 16.0. The Morgan fingerprint density at radius 2 is 2.16 bits per heavy atom. The lowest BCUT2D eigenvalue weighted by molar-refractivity contribution is 0.0957. The van der Waals surface area contributed by atoms with Gasteiger partial charge in [0.1, 0.15) is 11.4 Å². The summed E-state index contributed by atoms with van der Waals surface area (Å²) in [4.78, 5) is 13.0. The van der Waals surface area contributed by atoms with Gasteiger partial charge in [0, 0.05) is 30.1 Å². The van der Waals surface area contributed by atoms with Crippen molar-refractivity contribution in [3.63, 3.8) is 0 Å². The molecule has 1 fully saturated rings. The molecule has 3 aromatic rings. The van der Waals surface area contributed by atoms with Crippen molar-refractivity contribution in [2.75, 3.05) is 19.0 Å². The van der Waals surface area contributed by atoms with E-state index in [1.54, 1.807) is 4.68 Å². The van der Waals surface area contributed by atoms with Gasteiger partial charge in [0.15, 0.2) is 5.78 Å². The lowest BCUT2D eigenvalue weighted by Crippen LogP contribution is -2.17. The summed E-state index contributed by atoms with van der Waals surface area (Å²) in [5.74, 6) is 1.01. The summed E-state index contributed by atoms with van der Waals surface area (Å²) in [6.07, 6.45) is 2.41. The molecule has 2 aromatic heterocycles. The van der Waals surface area contributed by atoms with Gasteiger partial charge in [-0.15, -0.1) is 5.10 Å². The molecular formula is C22H27N5O3S. The highest BCUT2D eigenvalue weighted by atomic mass is 32.2. The fraction of sp³-hybridized carbons (Fsp3) is 0.455. The molecule has 1 aromatic carbocycles. The topological polar surface area (TPSA) is 84.1 Å². The number of para-hydroxylation sites is 2. The molecule has 8 nitrogen and oxygen atoms in total. The van der Waals surface area contributed by atoms with E-state index in [4.69, 9.17) is 9.47 Å². The van der Waals surface area contributed by atoms with Crippen molar-refractivity contribution in [1.82, 2.24) is 24.8 Å². The number of thioether (sulfide) groups is 1. The Balaban J connectivity index is 1.48. The number of hydrogen-bond donors (Lipinski definition) is 0. The molecule has 0 N–H and O–H groups in total. The summed E-state index contributed by atoms with van der Waals surface area (Å²) in [5, 5.41) is 12.6. The maximum absolute atomic E-state index is 13.0. The van der Waals surface area contributed by atoms with Crippen molar-refractivity contribution in [1.29, 1.82) is 0 Å². The Morgan fingerprint density at radius 1 is 1.32 bits per heavy atom. The Hall–Kier alpha value is -2.65. The summed E-state index contributed by atoms with van der Waals surface area (Å²) >= 11 is 1.32. The van der Waals surface area contributed by atoms with E-state index in [0.717, 1.165) is 48.6 Å². The lowest BCUT2D eigenvalue weighted by Gasteiger charge is -2.14. The van der Waals surface area contributed by atoms with Crippen molar-refractivity contribution in [2.24, 2.45) is 0 Å². The lowest BCUT2D eigenvalue weighted by atomic mass is 10.2. The number of rotatable bonds is 9. The number of tetrazole rings is 1. The van der Waals surface area contributed by atoms with E-state index in [-0.39, 0.29) is 17.6 Å². The van der Waals surface area contributed by atoms with Crippen LogP contribution >= 0.6 is 11.8 Å². The first kappa shape index (κ1) is 21.6. The molecule has 0 amide bonds. The maximum Gasteiger partial charge on any atom is 0.214 e. The van der Waals surface area contributed by atoms with Crippen LogP contribution in [0.2, 0.25) is 0 Å². The molecule has 1 saturated heterocycles. The van der Waals surface area contributed by atoms with E-state index in [2.05, 4.69) is 20.1 Å². The molecular weight excluding hydrogens is 414 g/mol. The Bertz CT molecular complexity index is 1060. The van der Waals surface area contributed by atoms with Crippen LogP contribution in [0.3, 0.4) is 0 Å². The third-order valence-electron chi connectivity index (χ3n) is 5.45. The third-order valence-corrected chi connectivity index (χ3v) is 6.37. The number of hydrogen-bond acceptors (Lipinski definition) is 7. The monoisotopic (exact) mass is 441 g/mol. The molecule has 0 spiro atoms. The Labute approximate surface area is 185 Å². The predicted octanol–water partition coefficient (Wildman–Crippen LogP) is 3.63. The van der Waals surface area contributed by atoms with E-state index in [9.17, 15) is 4.79 Å². The van der Waals surface area contributed by atoms with Crippen LogP contribution in [-0.4, -0.2) is 55.6 Å². The molecule has 0 bridgehead atoms. The van der Waals surface area contributed by atoms with Gasteiger partial charge in [0.2, 0.25) is 5.16 Å². The van der Waals surface area contributed by atoms with Crippen LogP contribution in [0.4, 0.5) is 0 Å². The molecule has 1 atom stereocenters. The second-order valence-corrected chi connectivity index (χ2v) is 8.46. The van der Waals surface area contributed by atoms with E-state index in [0.29, 0.717) is 17.5 Å². The molecule has 1 aliphatic heterocycles. The van der Waals surface area contributed by atoms with Gasteiger partial charge in [-0.05, 0) is 62.2 Å². The number of aryl methyl sites for hydroxylation is 1. The third kappa shape index (κ3) is 4.67. The molecule has 0 aliphatic carbocycles. The standard InChI is InChI=1S/C22H27N5O3S/c1-4-29-21-10-6-5-9-19(21)27-22(23-24-25-27)31-14-20(28)18-12-15(2)26(16(18)3)13-17-8-7-11-30-17/h5-6,9-10,12,17H,4,7-8,11,13-14H2,1-3H3/t17-/m1/s1. The molecule has 0 radical (unpaired) electrons. The van der Waals surface area contributed by atoms with Crippen molar-refractivity contribution < 1.29 is 14.3 Å². The van der Waals surface area contributed by atoms with Crippen molar-refractivity contribution in [3.8, 4) is 11.4 Å². The van der Waals surface area contributed by atoms with Gasteiger partial charge in [0.05, 0.1) is 18.5 Å². The molecule has 1 aliphatic rings. The van der Waals surface area contributed by atoms with Crippen LogP contribution in [0.15, 0.2) is 35.5 Å². The number of carbonyl (C=O) groups is 1. The summed E-state index contributed by atoms with van der Waals surface area (Å²) in [7, 11) is 0. The number of nitrogens with zero attached hydrogens (tertiary/aromatic N) is 5. The molecule has 3 heterocycles. The van der Waals surface area contributed by atoms with Gasteiger partial charge < -0.3 is 14.0 Å². The molecule has 0 unspecified atom stereocenters. The highest BCUT2D eigenvalue weighted by molar-refractivity contribution is 7.99. The van der Waals surface area contributed by atoms with Crippen LogP contribution in [0.1, 0.15) is 41.5 Å². The minimum Gasteiger partial charge on any atom is -0.492 e. The smallest absolute Gasteiger partial charge is 0.214 e. The second-order valence-electron chi connectivity index (χ2n) is 7.52. The minimum absolute atomic E-state index is 0.0596. The zero-order valence-corrected chi connectivity index (χ0v) is 18.9. The van der Waals surface area contributed by atoms with Crippen LogP contribution in [-0.2, 0) is 11.3 Å². The summed E-state index contributed by atoms with van der Waals surface area (Å²) in [6.45, 7) is 8.14. The quantitative estimate of drug-likeness (QED) is 0.370. The number of Topliss-reactive ketones (excluding diaryl/α,β-unsaturated/α-hetero) is 1. The van der Waals surface area contributed by atoms with Crippen molar-refractivity contribution in [3.05, 3.63) is 47.3 Å². The first-order chi connectivity index (χ1) is 15.1. The minimum atomic E-state index is 0.0596. The Kier molecular flexibility index (Phi) is 6.72. The number of aromatic nitrogens is 5. The highest BCUT2D eigenvalue weighted by Crippen LogP contribution is 2.27. The summed E-state index contributed by atoms with van der Waals surface area (Å²) in [5.41, 5.74) is 3.56. The predicted molar refractivity (Wildman–Crippen MR) is 118 cm³/mol. The largest absolute Gasteiger partial charge is 0.492 e. The highest BCUT2D eigenvalue weighted by Gasteiger charge is 2.22. The molecule has 31 heavy (non-hydrogen) atoms. The van der Waals surface area contributed by atoms with E-state index in [1.165, 1.54) is 11.8 Å². The summed E-state index contributed by atoms with van der Waals surface area (Å²) in [6, 6.07) is 9.55. The number of benzene rings is 1. The second kappa shape index (κ2) is 9.65. The molecule has 164 valence electrons. The van der Waals surface area contributed by atoms with Crippen LogP contribution in [0.25, 0.3) is 5.69 Å². The number of ketones is 1. The van der Waals surface area contributed by atoms with Crippen LogP contribution < -0.4 is 4.74 Å². The van der Waals surface area contributed by atoms with Crippen molar-refractivity contribution >= 4 is 17.5 Å². The average molecular weight is 442 g/mol. The fourth-order valence-corrected chi connectivity index (χ4v) is 4.66. The first-order valence-electron chi connectivity index (χ1n) is 10.5. The van der Waals surface area contributed by atoms with Gasteiger partial charge in [-0.25, -0.2) is 0 Å². The van der Waals surface area contributed by atoms with Gasteiger partial charge >= 0.3 is 0 Å². The van der Waals surface area contributed by atoms with Crippen LogP contribution in [0.5, 0.6) is 5.75 Å². The van der Waals surface area contributed by atoms with Crippen LogP contribution in [0, 0.1) is 13.8 Å². The number of carbonyl (C=O) groups excluding carboxylic acids is 1. The first-order valence-corrected chi connectivity index (χ1v) is 11.5. The molecule has 9 heteroatoms. The maximum atomic E-state index is 13.0. The fourth-order valence-electron chi connectivity index (χ4n) is 3.89. The van der Waals surface area contributed by atoms with Gasteiger partial charge in [-0.2, -0.15) is 4.68 Å². The Morgan fingerprint density at radius 3 is 2.94 bits per heavy atom. The zero-order valence-electron chi connectivity index (χ0n) is 18.1. The SMILES string of the molecule is CCOc1ccccc1-n1nnnc1SCC(=O)c1cc(C)n(C[C@H]2CCCO2)c1C. The summed E-state index contributed by atoms with van der Waals surface area (Å²) < 4.78 is 15.3. The average Bonchev–Trinajstić information content (AvgIpc) is 3.51. The number of ether oxygens (including phenoxy) is 2. The zero-order chi connectivity index (χ0) is 21.8. The molecule has 0 saturated carbocycles. The van der Waals surface area contributed by atoms with E-state index >= 15 is 0 Å². The van der Waals surface area contributed by atoms with Gasteiger partial charge in [-0.1, -0.05) is 23.9 Å². The van der Waals surface area contributed by atoms with Gasteiger partial charge in [-0.3, -0.25) is 4.79 Å². The van der Waals surface area contributed by atoms with Gasteiger partial charge in [0.25, 0.3) is 0 Å². The van der Waals surface area contributed by atoms with Crippen molar-refractivity contribution in [2.45, 2.75) is 51.4 Å². The van der Waals surface area contributed by atoms with E-state index in [1.807, 2.05) is 51.1 Å².